The Morgan fingerprint density at radius 2 is 1.91 bits per heavy atom. The molecule has 1 rings (SSSR count). The summed E-state index contributed by atoms with van der Waals surface area (Å²) in [6.45, 7) is 7.38. The van der Waals surface area contributed by atoms with Crippen molar-refractivity contribution in [1.82, 2.24) is 0 Å². The molecule has 0 fully saturated rings. The van der Waals surface area contributed by atoms with Gasteiger partial charge >= 0.3 is 11.9 Å². The third-order valence-electron chi connectivity index (χ3n) is 3.10. The SMILES string of the molecule is CNc1cc(CC(=O)O)cc(COCC(=O)OC(C)(C)C)c1C. The van der Waals surface area contributed by atoms with Crippen LogP contribution in [0.3, 0.4) is 0 Å². The van der Waals surface area contributed by atoms with Gasteiger partial charge in [-0.25, -0.2) is 4.79 Å². The van der Waals surface area contributed by atoms with Crippen molar-refractivity contribution in [3.05, 3.63) is 28.8 Å². The maximum atomic E-state index is 11.6. The summed E-state index contributed by atoms with van der Waals surface area (Å²) in [5, 5.41) is 12.0. The van der Waals surface area contributed by atoms with E-state index in [4.69, 9.17) is 14.6 Å². The van der Waals surface area contributed by atoms with Gasteiger partial charge in [-0.15, -0.1) is 0 Å². The van der Waals surface area contributed by atoms with E-state index in [9.17, 15) is 9.59 Å². The molecule has 0 atom stereocenters. The highest BCUT2D eigenvalue weighted by molar-refractivity contribution is 5.72. The van der Waals surface area contributed by atoms with E-state index < -0.39 is 17.5 Å². The normalized spacial score (nSPS) is 11.2. The summed E-state index contributed by atoms with van der Waals surface area (Å²) in [5.41, 5.74) is 2.79. The van der Waals surface area contributed by atoms with Crippen LogP contribution in [-0.4, -0.2) is 36.3 Å². The minimum atomic E-state index is -0.892. The zero-order valence-electron chi connectivity index (χ0n) is 14.4. The van der Waals surface area contributed by atoms with Crippen molar-refractivity contribution < 1.29 is 24.2 Å². The molecule has 0 unspecified atom stereocenters. The molecule has 0 amide bonds. The van der Waals surface area contributed by atoms with E-state index in [-0.39, 0.29) is 19.6 Å². The molecule has 6 heteroatoms. The summed E-state index contributed by atoms with van der Waals surface area (Å²) in [4.78, 5) is 22.5. The van der Waals surface area contributed by atoms with Gasteiger partial charge in [0, 0.05) is 12.7 Å². The molecule has 1 aromatic carbocycles. The first-order valence-corrected chi connectivity index (χ1v) is 7.44. The largest absolute Gasteiger partial charge is 0.481 e. The summed E-state index contributed by atoms with van der Waals surface area (Å²) in [5.74, 6) is -1.32. The smallest absolute Gasteiger partial charge is 0.332 e. The van der Waals surface area contributed by atoms with Crippen molar-refractivity contribution in [3.8, 4) is 0 Å². The molecule has 1 aromatic rings. The molecule has 0 heterocycles. The Morgan fingerprint density at radius 3 is 2.43 bits per heavy atom. The zero-order valence-corrected chi connectivity index (χ0v) is 14.4. The monoisotopic (exact) mass is 323 g/mol. The number of anilines is 1. The van der Waals surface area contributed by atoms with E-state index in [0.717, 1.165) is 16.8 Å². The second-order valence-electron chi connectivity index (χ2n) is 6.33. The van der Waals surface area contributed by atoms with Crippen LogP contribution in [0.15, 0.2) is 12.1 Å². The van der Waals surface area contributed by atoms with Gasteiger partial charge in [0.2, 0.25) is 0 Å². The number of hydrogen-bond donors (Lipinski definition) is 2. The lowest BCUT2D eigenvalue weighted by Gasteiger charge is -2.19. The van der Waals surface area contributed by atoms with Crippen LogP contribution < -0.4 is 5.32 Å². The fraction of sp³-hybridized carbons (Fsp3) is 0.529. The second kappa shape index (κ2) is 7.97. The molecule has 6 nitrogen and oxygen atoms in total. The Bertz CT molecular complexity index is 575. The lowest BCUT2D eigenvalue weighted by Crippen LogP contribution is -2.26. The minimum Gasteiger partial charge on any atom is -0.481 e. The Morgan fingerprint density at radius 1 is 1.26 bits per heavy atom. The van der Waals surface area contributed by atoms with Crippen LogP contribution in [0.5, 0.6) is 0 Å². The number of carboxylic acids is 1. The molecule has 0 radical (unpaired) electrons. The van der Waals surface area contributed by atoms with Gasteiger partial charge in [-0.3, -0.25) is 4.79 Å². The summed E-state index contributed by atoms with van der Waals surface area (Å²) < 4.78 is 10.6. The fourth-order valence-corrected chi connectivity index (χ4v) is 2.14. The lowest BCUT2D eigenvalue weighted by atomic mass is 10.0. The standard InChI is InChI=1S/C17H25NO5/c1-11-13(9-22-10-16(21)23-17(2,3)4)6-12(8-15(19)20)7-14(11)18-5/h6-7,18H,8-10H2,1-5H3,(H,19,20). The maximum absolute atomic E-state index is 11.6. The number of rotatable bonds is 7. The molecule has 2 N–H and O–H groups in total. The Hall–Kier alpha value is -2.08. The molecular formula is C17H25NO5. The maximum Gasteiger partial charge on any atom is 0.332 e. The number of aliphatic carboxylic acids is 1. The van der Waals surface area contributed by atoms with Crippen molar-refractivity contribution in [3.63, 3.8) is 0 Å². The van der Waals surface area contributed by atoms with Gasteiger partial charge in [0.1, 0.15) is 12.2 Å². The van der Waals surface area contributed by atoms with Crippen LogP contribution in [0.4, 0.5) is 5.69 Å². The molecule has 0 bridgehead atoms. The van der Waals surface area contributed by atoms with Crippen LogP contribution in [0.25, 0.3) is 0 Å². The molecule has 23 heavy (non-hydrogen) atoms. The highest BCUT2D eigenvalue weighted by atomic mass is 16.6. The number of ether oxygens (including phenoxy) is 2. The van der Waals surface area contributed by atoms with Gasteiger partial charge in [-0.2, -0.15) is 0 Å². The summed E-state index contributed by atoms with van der Waals surface area (Å²) in [6.07, 6.45) is -0.0615. The fourth-order valence-electron chi connectivity index (χ4n) is 2.14. The number of carboxylic acid groups (broad SMARTS) is 1. The second-order valence-corrected chi connectivity index (χ2v) is 6.33. The quantitative estimate of drug-likeness (QED) is 0.750. The predicted octanol–water partition coefficient (Wildman–Crippen LogP) is 2.52. The van der Waals surface area contributed by atoms with Gasteiger partial charge in [0.15, 0.2) is 0 Å². The van der Waals surface area contributed by atoms with Crippen molar-refractivity contribution in [2.24, 2.45) is 0 Å². The molecular weight excluding hydrogens is 298 g/mol. The van der Waals surface area contributed by atoms with Crippen molar-refractivity contribution in [1.29, 1.82) is 0 Å². The van der Waals surface area contributed by atoms with Crippen LogP contribution in [0.1, 0.15) is 37.5 Å². The van der Waals surface area contributed by atoms with E-state index in [1.165, 1.54) is 0 Å². The first-order valence-electron chi connectivity index (χ1n) is 7.44. The number of carbonyl (C=O) groups is 2. The van der Waals surface area contributed by atoms with E-state index >= 15 is 0 Å². The van der Waals surface area contributed by atoms with E-state index in [2.05, 4.69) is 5.32 Å². The first kappa shape index (κ1) is 19.0. The minimum absolute atomic E-state index is 0.0615. The Balaban J connectivity index is 2.75. The summed E-state index contributed by atoms with van der Waals surface area (Å²) >= 11 is 0. The third kappa shape index (κ3) is 6.69. The van der Waals surface area contributed by atoms with Gasteiger partial charge in [0.25, 0.3) is 0 Å². The number of carbonyl (C=O) groups excluding carboxylic acids is 1. The van der Waals surface area contributed by atoms with Gasteiger partial charge in [0.05, 0.1) is 13.0 Å². The topological polar surface area (TPSA) is 84.9 Å². The molecule has 128 valence electrons. The molecule has 0 saturated heterocycles. The number of nitrogens with one attached hydrogen (secondary N) is 1. The lowest BCUT2D eigenvalue weighted by molar-refractivity contribution is -0.160. The Kier molecular flexibility index (Phi) is 6.57. The average molecular weight is 323 g/mol. The molecule has 0 aliphatic rings. The molecule has 0 saturated carbocycles. The van der Waals surface area contributed by atoms with Crippen molar-refractivity contribution >= 4 is 17.6 Å². The van der Waals surface area contributed by atoms with Crippen LogP contribution >= 0.6 is 0 Å². The van der Waals surface area contributed by atoms with Gasteiger partial charge in [-0.05, 0) is 50.5 Å². The summed E-state index contributed by atoms with van der Waals surface area (Å²) in [7, 11) is 1.78. The Labute approximate surface area is 136 Å². The molecule has 0 aliphatic carbocycles. The van der Waals surface area contributed by atoms with Crippen molar-refractivity contribution in [2.45, 2.75) is 46.3 Å². The third-order valence-corrected chi connectivity index (χ3v) is 3.10. The predicted molar refractivity (Wildman–Crippen MR) is 87.6 cm³/mol. The van der Waals surface area contributed by atoms with Crippen LogP contribution in [-0.2, 0) is 32.1 Å². The zero-order chi connectivity index (χ0) is 17.6. The molecule has 0 spiro atoms. The van der Waals surface area contributed by atoms with Gasteiger partial charge < -0.3 is 19.9 Å². The number of esters is 1. The average Bonchev–Trinajstić information content (AvgIpc) is 2.39. The van der Waals surface area contributed by atoms with Crippen molar-refractivity contribution in [2.75, 3.05) is 19.0 Å². The van der Waals surface area contributed by atoms with Gasteiger partial charge in [-0.1, -0.05) is 6.07 Å². The number of benzene rings is 1. The highest BCUT2D eigenvalue weighted by Crippen LogP contribution is 2.23. The van der Waals surface area contributed by atoms with E-state index in [1.54, 1.807) is 40.0 Å². The van der Waals surface area contributed by atoms with Crippen LogP contribution in [0.2, 0.25) is 0 Å². The number of hydrogen-bond acceptors (Lipinski definition) is 5. The van der Waals surface area contributed by atoms with E-state index in [0.29, 0.717) is 5.56 Å². The van der Waals surface area contributed by atoms with Crippen LogP contribution in [0, 0.1) is 6.92 Å². The highest BCUT2D eigenvalue weighted by Gasteiger charge is 2.16. The summed E-state index contributed by atoms with van der Waals surface area (Å²) in [6, 6.07) is 3.60. The molecule has 0 aromatic heterocycles. The first-order chi connectivity index (χ1) is 10.6. The molecule has 0 aliphatic heterocycles. The van der Waals surface area contributed by atoms with E-state index in [1.807, 2.05) is 6.92 Å².